The van der Waals surface area contributed by atoms with E-state index in [2.05, 4.69) is 130 Å². The highest BCUT2D eigenvalue weighted by molar-refractivity contribution is 5.71. The van der Waals surface area contributed by atoms with Crippen LogP contribution >= 0.6 is 0 Å². The fourth-order valence-electron chi connectivity index (χ4n) is 8.81. The molecule has 434 valence electrons. The molecule has 0 aliphatic carbocycles. The predicted octanol–water partition coefficient (Wildman–Crippen LogP) is 21.8. The topological polar surface area (TPSA) is 78.9 Å². The third kappa shape index (κ3) is 60.9. The molecule has 0 bridgehead atoms. The zero-order chi connectivity index (χ0) is 55.0. The Kier molecular flexibility index (Phi) is 60.3. The largest absolute Gasteiger partial charge is 0.462 e. The maximum atomic E-state index is 12.9. The van der Waals surface area contributed by atoms with Crippen molar-refractivity contribution in [2.75, 3.05) is 13.2 Å². The van der Waals surface area contributed by atoms with Gasteiger partial charge in [-0.05, 0) is 103 Å². The number of rotatable bonds is 57. The molecule has 1 unspecified atom stereocenters. The number of hydrogen-bond donors (Lipinski definition) is 0. The number of unbranched alkanes of at least 4 members (excludes halogenated alkanes) is 28. The Morgan fingerprint density at radius 1 is 0.276 bits per heavy atom. The van der Waals surface area contributed by atoms with Crippen LogP contribution in [-0.4, -0.2) is 37.2 Å². The standard InChI is InChI=1S/C70H118O6/c1-4-7-10-13-16-19-22-24-26-28-30-31-32-33-34-35-36-37-38-39-41-42-44-46-48-51-54-57-60-63-69(72)75-66-67(65-74-68(71)62-59-56-53-50-21-18-15-12-9-6-3)76-70(73)64-61-58-55-52-49-47-45-43-40-29-27-25-23-20-17-14-11-8-5-2/h7-8,10-11,16-17,19-20,24-27,30-31,40,43,47,49,67H,4-6,9,12-15,18,21-23,28-29,32-39,41-42,44-46,48,50-66H2,1-3H3/b10-7-,11-8-,19-16-,20-17-,26-24-,27-25-,31-30-,43-40-,49-47-. The van der Waals surface area contributed by atoms with Crippen molar-refractivity contribution in [1.29, 1.82) is 0 Å². The van der Waals surface area contributed by atoms with Crippen molar-refractivity contribution in [3.8, 4) is 0 Å². The number of hydrogen-bond acceptors (Lipinski definition) is 6. The molecule has 0 saturated carbocycles. The molecule has 0 radical (unpaired) electrons. The number of esters is 3. The maximum absolute atomic E-state index is 12.9. The quantitative estimate of drug-likeness (QED) is 0.0261. The molecule has 6 heteroatoms. The highest BCUT2D eigenvalue weighted by Gasteiger charge is 2.19. The molecule has 76 heavy (non-hydrogen) atoms. The van der Waals surface area contributed by atoms with E-state index in [9.17, 15) is 14.4 Å². The van der Waals surface area contributed by atoms with E-state index in [0.717, 1.165) is 122 Å². The summed E-state index contributed by atoms with van der Waals surface area (Å²) >= 11 is 0. The molecule has 0 amide bonds. The molecule has 0 N–H and O–H groups in total. The van der Waals surface area contributed by atoms with Crippen LogP contribution in [0.1, 0.15) is 297 Å². The van der Waals surface area contributed by atoms with Gasteiger partial charge in [0.1, 0.15) is 13.2 Å². The van der Waals surface area contributed by atoms with E-state index in [1.54, 1.807) is 0 Å². The van der Waals surface area contributed by atoms with Gasteiger partial charge in [0.15, 0.2) is 6.10 Å². The minimum atomic E-state index is -0.794. The minimum Gasteiger partial charge on any atom is -0.462 e. The van der Waals surface area contributed by atoms with E-state index in [0.29, 0.717) is 12.8 Å². The van der Waals surface area contributed by atoms with Crippen molar-refractivity contribution < 1.29 is 28.6 Å². The first-order valence-corrected chi connectivity index (χ1v) is 31.9. The molecule has 0 aromatic heterocycles. The molecule has 0 saturated heterocycles. The van der Waals surface area contributed by atoms with Crippen LogP contribution in [0.15, 0.2) is 109 Å². The molecule has 6 nitrogen and oxygen atoms in total. The summed E-state index contributed by atoms with van der Waals surface area (Å²) in [6.45, 7) is 6.39. The van der Waals surface area contributed by atoms with Crippen LogP contribution in [0.2, 0.25) is 0 Å². The van der Waals surface area contributed by atoms with Gasteiger partial charge in [-0.15, -0.1) is 0 Å². The van der Waals surface area contributed by atoms with E-state index in [-0.39, 0.29) is 37.5 Å². The molecule has 0 aromatic rings. The average Bonchev–Trinajstić information content (AvgIpc) is 3.42. The van der Waals surface area contributed by atoms with Crippen molar-refractivity contribution in [1.82, 2.24) is 0 Å². The van der Waals surface area contributed by atoms with Crippen molar-refractivity contribution in [3.05, 3.63) is 109 Å². The molecule has 0 aromatic carbocycles. The van der Waals surface area contributed by atoms with Crippen LogP contribution in [0, 0.1) is 0 Å². The second-order valence-corrected chi connectivity index (χ2v) is 20.9. The van der Waals surface area contributed by atoms with E-state index in [1.165, 1.54) is 135 Å². The first-order chi connectivity index (χ1) is 37.5. The monoisotopic (exact) mass is 1050 g/mol. The second-order valence-electron chi connectivity index (χ2n) is 20.9. The summed E-state index contributed by atoms with van der Waals surface area (Å²) in [5.74, 6) is -0.915. The molecule has 0 aliphatic rings. The lowest BCUT2D eigenvalue weighted by molar-refractivity contribution is -0.167. The van der Waals surface area contributed by atoms with Crippen LogP contribution in [0.25, 0.3) is 0 Å². The second kappa shape index (κ2) is 63.6. The van der Waals surface area contributed by atoms with Gasteiger partial charge in [-0.1, -0.05) is 284 Å². The van der Waals surface area contributed by atoms with Crippen molar-refractivity contribution in [2.45, 2.75) is 303 Å². The predicted molar refractivity (Wildman–Crippen MR) is 330 cm³/mol. The van der Waals surface area contributed by atoms with Gasteiger partial charge in [0.2, 0.25) is 0 Å². The summed E-state index contributed by atoms with van der Waals surface area (Å²) in [6, 6.07) is 0. The highest BCUT2D eigenvalue weighted by atomic mass is 16.6. The Labute approximate surface area is 470 Å². The summed E-state index contributed by atoms with van der Waals surface area (Å²) in [5.41, 5.74) is 0. The summed E-state index contributed by atoms with van der Waals surface area (Å²) in [7, 11) is 0. The van der Waals surface area contributed by atoms with Gasteiger partial charge in [0, 0.05) is 19.3 Å². The van der Waals surface area contributed by atoms with Crippen LogP contribution in [0.5, 0.6) is 0 Å². The lowest BCUT2D eigenvalue weighted by Crippen LogP contribution is -2.30. The molecular formula is C70H118O6. The van der Waals surface area contributed by atoms with E-state index >= 15 is 0 Å². The third-order valence-electron chi connectivity index (χ3n) is 13.5. The first-order valence-electron chi connectivity index (χ1n) is 31.9. The van der Waals surface area contributed by atoms with Crippen LogP contribution in [-0.2, 0) is 28.6 Å². The Morgan fingerprint density at radius 3 is 0.816 bits per heavy atom. The van der Waals surface area contributed by atoms with Gasteiger partial charge >= 0.3 is 17.9 Å². The van der Waals surface area contributed by atoms with Gasteiger partial charge in [-0.3, -0.25) is 14.4 Å². The van der Waals surface area contributed by atoms with E-state index < -0.39 is 6.10 Å². The van der Waals surface area contributed by atoms with Gasteiger partial charge in [-0.2, -0.15) is 0 Å². The Morgan fingerprint density at radius 2 is 0.513 bits per heavy atom. The number of allylic oxidation sites excluding steroid dienone is 18. The number of ether oxygens (including phenoxy) is 3. The van der Waals surface area contributed by atoms with Gasteiger partial charge in [-0.25, -0.2) is 0 Å². The summed E-state index contributed by atoms with van der Waals surface area (Å²) in [5, 5.41) is 0. The normalized spacial score (nSPS) is 12.8. The van der Waals surface area contributed by atoms with Crippen LogP contribution in [0.4, 0.5) is 0 Å². The summed E-state index contributed by atoms with van der Waals surface area (Å²) in [6.07, 6.45) is 86.8. The Hall–Kier alpha value is -3.93. The van der Waals surface area contributed by atoms with Crippen LogP contribution < -0.4 is 0 Å². The Balaban J connectivity index is 4.23. The SMILES string of the molecule is CC/C=C\C/C=C\C/C=C\C/C=C\C/C=C\CCCCCC(=O)OC(COC(=O)CCCCCCCCCCCC)COC(=O)CCCCCCCCCCCCCCCCCC/C=C\C/C=C\C/C=C\C/C=C\CC. The highest BCUT2D eigenvalue weighted by Crippen LogP contribution is 2.16. The van der Waals surface area contributed by atoms with Gasteiger partial charge in [0.05, 0.1) is 0 Å². The first kappa shape index (κ1) is 72.1. The lowest BCUT2D eigenvalue weighted by Gasteiger charge is -2.18. The zero-order valence-corrected chi connectivity index (χ0v) is 49.7. The molecule has 0 spiro atoms. The molecule has 0 rings (SSSR count). The van der Waals surface area contributed by atoms with Crippen LogP contribution in [0.3, 0.4) is 0 Å². The maximum Gasteiger partial charge on any atom is 0.306 e. The molecular weight excluding hydrogens is 937 g/mol. The number of carbonyl (C=O) groups excluding carboxylic acids is 3. The average molecular weight is 1060 g/mol. The van der Waals surface area contributed by atoms with Gasteiger partial charge in [0.25, 0.3) is 0 Å². The van der Waals surface area contributed by atoms with E-state index in [1.807, 2.05) is 0 Å². The van der Waals surface area contributed by atoms with Crippen molar-refractivity contribution in [3.63, 3.8) is 0 Å². The lowest BCUT2D eigenvalue weighted by atomic mass is 10.0. The third-order valence-corrected chi connectivity index (χ3v) is 13.5. The van der Waals surface area contributed by atoms with E-state index in [4.69, 9.17) is 14.2 Å². The van der Waals surface area contributed by atoms with Crippen molar-refractivity contribution in [2.24, 2.45) is 0 Å². The minimum absolute atomic E-state index is 0.0890. The molecule has 0 heterocycles. The number of carbonyl (C=O) groups is 3. The smallest absolute Gasteiger partial charge is 0.306 e. The molecule has 1 atom stereocenters. The molecule has 0 aliphatic heterocycles. The van der Waals surface area contributed by atoms with Crippen molar-refractivity contribution >= 4 is 17.9 Å². The summed E-state index contributed by atoms with van der Waals surface area (Å²) in [4.78, 5) is 38.2. The Bertz CT molecular complexity index is 1540. The fraction of sp³-hybridized carbons (Fsp3) is 0.700. The zero-order valence-electron chi connectivity index (χ0n) is 49.7. The fourth-order valence-corrected chi connectivity index (χ4v) is 8.81. The molecule has 0 fully saturated rings. The van der Waals surface area contributed by atoms with Gasteiger partial charge < -0.3 is 14.2 Å². The summed E-state index contributed by atoms with van der Waals surface area (Å²) < 4.78 is 16.9.